The lowest BCUT2D eigenvalue weighted by Gasteiger charge is -2.19. The third-order valence-corrected chi connectivity index (χ3v) is 2.20. The number of rotatable bonds is 3. The first-order valence-corrected chi connectivity index (χ1v) is 5.62. The van der Waals surface area contributed by atoms with Crippen molar-refractivity contribution >= 4 is 5.97 Å². The zero-order chi connectivity index (χ0) is 13.2. The van der Waals surface area contributed by atoms with Crippen molar-refractivity contribution in [1.82, 2.24) is 15.4 Å². The molecule has 6 heteroatoms. The molecule has 3 N–H and O–H groups in total. The predicted molar refractivity (Wildman–Crippen MR) is 63.3 cm³/mol. The number of hydrogen-bond donors (Lipinski definition) is 2. The van der Waals surface area contributed by atoms with Crippen molar-refractivity contribution < 1.29 is 9.53 Å². The molecule has 96 valence electrons. The average molecular weight is 240 g/mol. The third-order valence-electron chi connectivity index (χ3n) is 2.20. The van der Waals surface area contributed by atoms with Gasteiger partial charge in [-0.05, 0) is 26.7 Å². The molecule has 1 unspecified atom stereocenters. The molecule has 0 bridgehead atoms. The summed E-state index contributed by atoms with van der Waals surface area (Å²) in [5, 5.41) is 10.2. The highest BCUT2D eigenvalue weighted by atomic mass is 16.6. The van der Waals surface area contributed by atoms with Gasteiger partial charge in [0.2, 0.25) is 0 Å². The lowest BCUT2D eigenvalue weighted by molar-refractivity contribution is 0.00607. The Bertz CT molecular complexity index is 392. The van der Waals surface area contributed by atoms with E-state index in [-0.39, 0.29) is 17.7 Å². The molecule has 0 aliphatic carbocycles. The van der Waals surface area contributed by atoms with E-state index in [2.05, 4.69) is 15.4 Å². The normalized spacial score (nSPS) is 13.8. The number of nitrogens with zero attached hydrogens (tertiary/aromatic N) is 2. The van der Waals surface area contributed by atoms with Crippen LogP contribution in [0.2, 0.25) is 0 Å². The van der Waals surface area contributed by atoms with Crippen molar-refractivity contribution in [3.05, 3.63) is 11.4 Å². The summed E-state index contributed by atoms with van der Waals surface area (Å²) in [5.41, 5.74) is 6.01. The van der Waals surface area contributed by atoms with Crippen LogP contribution in [0.4, 0.5) is 0 Å². The van der Waals surface area contributed by atoms with Gasteiger partial charge in [0, 0.05) is 0 Å². The van der Waals surface area contributed by atoms with Gasteiger partial charge in [-0.15, -0.1) is 5.10 Å². The monoisotopic (exact) mass is 240 g/mol. The third kappa shape index (κ3) is 3.52. The van der Waals surface area contributed by atoms with Crippen LogP contribution in [0.15, 0.2) is 0 Å². The Morgan fingerprint density at radius 2 is 1.94 bits per heavy atom. The minimum absolute atomic E-state index is 0.168. The maximum Gasteiger partial charge on any atom is 0.361 e. The quantitative estimate of drug-likeness (QED) is 0.779. The van der Waals surface area contributed by atoms with Crippen LogP contribution < -0.4 is 5.73 Å². The second kappa shape index (κ2) is 4.83. The summed E-state index contributed by atoms with van der Waals surface area (Å²) in [6.45, 7) is 9.31. The van der Waals surface area contributed by atoms with E-state index in [1.54, 1.807) is 20.8 Å². The van der Waals surface area contributed by atoms with Crippen LogP contribution in [-0.2, 0) is 4.74 Å². The van der Waals surface area contributed by atoms with Gasteiger partial charge >= 0.3 is 5.97 Å². The molecular weight excluding hydrogens is 220 g/mol. The maximum absolute atomic E-state index is 11.9. The molecule has 0 saturated carbocycles. The molecule has 1 aromatic heterocycles. The summed E-state index contributed by atoms with van der Waals surface area (Å²) in [4.78, 5) is 11.9. The van der Waals surface area contributed by atoms with Crippen molar-refractivity contribution in [3.63, 3.8) is 0 Å². The van der Waals surface area contributed by atoms with Crippen molar-refractivity contribution in [1.29, 1.82) is 0 Å². The molecule has 0 amide bonds. The van der Waals surface area contributed by atoms with Crippen LogP contribution in [0.5, 0.6) is 0 Å². The van der Waals surface area contributed by atoms with E-state index in [0.29, 0.717) is 5.69 Å². The zero-order valence-electron chi connectivity index (χ0n) is 10.9. The smallest absolute Gasteiger partial charge is 0.361 e. The Balaban J connectivity index is 2.93. The number of esters is 1. The van der Waals surface area contributed by atoms with E-state index in [4.69, 9.17) is 10.5 Å². The second-order valence-electron chi connectivity index (χ2n) is 5.33. The molecule has 1 atom stereocenters. The Morgan fingerprint density at radius 3 is 2.41 bits per heavy atom. The standard InChI is InChI=1S/C11H20N4O2/c1-6(2)7(12)8-9(14-15-13-8)10(16)17-11(3,4)5/h6-7H,12H2,1-5H3,(H,13,14,15). The van der Waals surface area contributed by atoms with Gasteiger partial charge in [-0.1, -0.05) is 13.8 Å². The molecule has 0 aliphatic heterocycles. The van der Waals surface area contributed by atoms with E-state index in [1.165, 1.54) is 0 Å². The van der Waals surface area contributed by atoms with E-state index in [0.717, 1.165) is 0 Å². The van der Waals surface area contributed by atoms with Crippen molar-refractivity contribution in [2.24, 2.45) is 11.7 Å². The first kappa shape index (κ1) is 13.6. The van der Waals surface area contributed by atoms with E-state index < -0.39 is 11.6 Å². The molecule has 0 aromatic carbocycles. The molecular formula is C11H20N4O2. The molecule has 17 heavy (non-hydrogen) atoms. The maximum atomic E-state index is 11.9. The van der Waals surface area contributed by atoms with Crippen LogP contribution in [0, 0.1) is 5.92 Å². The Hall–Kier alpha value is -1.43. The molecule has 0 aliphatic rings. The Kier molecular flexibility index (Phi) is 3.87. The number of hydrogen-bond acceptors (Lipinski definition) is 5. The SMILES string of the molecule is CC(C)C(N)c1n[nH]nc1C(=O)OC(C)(C)C. The lowest BCUT2D eigenvalue weighted by Crippen LogP contribution is -2.26. The number of carbonyl (C=O) groups excluding carboxylic acids is 1. The number of aromatic nitrogens is 3. The Morgan fingerprint density at radius 1 is 1.35 bits per heavy atom. The summed E-state index contributed by atoms with van der Waals surface area (Å²) in [7, 11) is 0. The summed E-state index contributed by atoms with van der Waals surface area (Å²) in [6, 6.07) is -0.337. The number of carbonyl (C=O) groups is 1. The average Bonchev–Trinajstić information content (AvgIpc) is 2.61. The van der Waals surface area contributed by atoms with Crippen molar-refractivity contribution in [3.8, 4) is 0 Å². The van der Waals surface area contributed by atoms with E-state index >= 15 is 0 Å². The van der Waals surface area contributed by atoms with Gasteiger partial charge in [0.25, 0.3) is 0 Å². The van der Waals surface area contributed by atoms with Crippen molar-refractivity contribution in [2.75, 3.05) is 0 Å². The van der Waals surface area contributed by atoms with Gasteiger partial charge in [0.05, 0.1) is 6.04 Å². The van der Waals surface area contributed by atoms with E-state index in [1.807, 2.05) is 13.8 Å². The van der Waals surface area contributed by atoms with Crippen LogP contribution in [0.1, 0.15) is 56.8 Å². The summed E-state index contributed by atoms with van der Waals surface area (Å²) < 4.78 is 5.24. The topological polar surface area (TPSA) is 93.9 Å². The van der Waals surface area contributed by atoms with Crippen LogP contribution >= 0.6 is 0 Å². The summed E-state index contributed by atoms with van der Waals surface area (Å²) >= 11 is 0. The van der Waals surface area contributed by atoms with E-state index in [9.17, 15) is 4.79 Å². The molecule has 1 heterocycles. The second-order valence-corrected chi connectivity index (χ2v) is 5.33. The Labute approximate surface area is 101 Å². The highest BCUT2D eigenvalue weighted by molar-refractivity contribution is 5.88. The molecule has 1 aromatic rings. The van der Waals surface area contributed by atoms with Crippen LogP contribution in [0.3, 0.4) is 0 Å². The van der Waals surface area contributed by atoms with Gasteiger partial charge in [0.15, 0.2) is 5.69 Å². The summed E-state index contributed by atoms with van der Waals surface area (Å²) in [6.07, 6.45) is 0. The fraction of sp³-hybridized carbons (Fsp3) is 0.727. The molecule has 0 fully saturated rings. The number of nitrogens with one attached hydrogen (secondary N) is 1. The highest BCUT2D eigenvalue weighted by Crippen LogP contribution is 2.20. The fourth-order valence-electron chi connectivity index (χ4n) is 1.26. The number of nitrogens with two attached hydrogens (primary N) is 1. The van der Waals surface area contributed by atoms with Gasteiger partial charge in [-0.2, -0.15) is 10.3 Å². The van der Waals surface area contributed by atoms with Crippen molar-refractivity contribution in [2.45, 2.75) is 46.3 Å². The van der Waals surface area contributed by atoms with Gasteiger partial charge in [0.1, 0.15) is 11.3 Å². The summed E-state index contributed by atoms with van der Waals surface area (Å²) in [5.74, 6) is -0.335. The first-order valence-electron chi connectivity index (χ1n) is 5.62. The molecule has 6 nitrogen and oxygen atoms in total. The number of aromatic amines is 1. The molecule has 0 radical (unpaired) electrons. The predicted octanol–water partition coefficient (Wildman–Crippen LogP) is 1.42. The highest BCUT2D eigenvalue weighted by Gasteiger charge is 2.27. The minimum Gasteiger partial charge on any atom is -0.455 e. The number of H-pyrrole nitrogens is 1. The lowest BCUT2D eigenvalue weighted by atomic mass is 10.0. The largest absolute Gasteiger partial charge is 0.455 e. The number of ether oxygens (including phenoxy) is 1. The molecule has 0 spiro atoms. The molecule has 1 rings (SSSR count). The van der Waals surface area contributed by atoms with Gasteiger partial charge < -0.3 is 10.5 Å². The van der Waals surface area contributed by atoms with Crippen LogP contribution in [-0.4, -0.2) is 27.0 Å². The van der Waals surface area contributed by atoms with Gasteiger partial charge in [-0.3, -0.25) is 0 Å². The van der Waals surface area contributed by atoms with Gasteiger partial charge in [-0.25, -0.2) is 4.79 Å². The van der Waals surface area contributed by atoms with Crippen LogP contribution in [0.25, 0.3) is 0 Å². The molecule has 0 saturated heterocycles. The fourth-order valence-corrected chi connectivity index (χ4v) is 1.26. The zero-order valence-corrected chi connectivity index (χ0v) is 10.9. The first-order chi connectivity index (χ1) is 7.72. The minimum atomic E-state index is -0.560.